The molecule has 1 heterocycles. The Morgan fingerprint density at radius 1 is 1.31 bits per heavy atom. The summed E-state index contributed by atoms with van der Waals surface area (Å²) in [5.74, 6) is 1.40. The van der Waals surface area contributed by atoms with Crippen LogP contribution in [0.15, 0.2) is 6.07 Å². The van der Waals surface area contributed by atoms with Crippen LogP contribution in [0.3, 0.4) is 0 Å². The highest BCUT2D eigenvalue weighted by molar-refractivity contribution is 6.29. The molecule has 1 unspecified atom stereocenters. The Kier molecular flexibility index (Phi) is 4.96. The molecule has 4 nitrogen and oxygen atoms in total. The number of hydrogen-bond acceptors (Lipinski definition) is 4. The van der Waals surface area contributed by atoms with Crippen LogP contribution in [0.5, 0.6) is 5.88 Å². The number of rotatable bonds is 5. The lowest BCUT2D eigenvalue weighted by Crippen LogP contribution is -2.19. The van der Waals surface area contributed by atoms with Crippen molar-refractivity contribution in [1.82, 2.24) is 9.97 Å². The van der Waals surface area contributed by atoms with E-state index in [2.05, 4.69) is 9.97 Å². The fourth-order valence-corrected chi connectivity index (χ4v) is 1.39. The van der Waals surface area contributed by atoms with E-state index in [4.69, 9.17) is 21.1 Å². The van der Waals surface area contributed by atoms with Gasteiger partial charge in [0, 0.05) is 19.1 Å². The highest BCUT2D eigenvalue weighted by Crippen LogP contribution is 2.19. The molecule has 0 saturated heterocycles. The summed E-state index contributed by atoms with van der Waals surface area (Å²) < 4.78 is 10.5. The third kappa shape index (κ3) is 3.94. The Morgan fingerprint density at radius 3 is 2.56 bits per heavy atom. The molecule has 0 N–H and O–H groups in total. The second-order valence-electron chi connectivity index (χ2n) is 3.93. The van der Waals surface area contributed by atoms with Crippen LogP contribution >= 0.6 is 11.6 Å². The van der Waals surface area contributed by atoms with E-state index in [9.17, 15) is 0 Å². The Balaban J connectivity index is 2.80. The first kappa shape index (κ1) is 13.2. The van der Waals surface area contributed by atoms with Crippen LogP contribution < -0.4 is 4.74 Å². The Hall–Kier alpha value is -0.870. The first-order valence-corrected chi connectivity index (χ1v) is 5.60. The fraction of sp³-hybridized carbons (Fsp3) is 0.636. The zero-order valence-electron chi connectivity index (χ0n) is 10.0. The summed E-state index contributed by atoms with van der Waals surface area (Å²) in [6, 6.07) is 1.61. The van der Waals surface area contributed by atoms with Crippen LogP contribution in [0.4, 0.5) is 0 Å². The lowest BCUT2D eigenvalue weighted by molar-refractivity contribution is 0.0886. The predicted molar refractivity (Wildman–Crippen MR) is 63.1 cm³/mol. The van der Waals surface area contributed by atoms with Crippen molar-refractivity contribution in [3.8, 4) is 5.88 Å². The molecule has 1 aromatic heterocycles. The largest absolute Gasteiger partial charge is 0.472 e. The average molecular weight is 245 g/mol. The van der Waals surface area contributed by atoms with Crippen molar-refractivity contribution in [2.24, 2.45) is 0 Å². The van der Waals surface area contributed by atoms with Crippen molar-refractivity contribution in [2.45, 2.75) is 32.8 Å². The van der Waals surface area contributed by atoms with Crippen LogP contribution in [0.2, 0.25) is 5.15 Å². The molecule has 0 aromatic carbocycles. The van der Waals surface area contributed by atoms with Gasteiger partial charge in [-0.3, -0.25) is 0 Å². The Morgan fingerprint density at radius 2 is 2.00 bits per heavy atom. The molecule has 1 rings (SSSR count). The van der Waals surface area contributed by atoms with Crippen molar-refractivity contribution in [1.29, 1.82) is 0 Å². The molecule has 1 aromatic rings. The number of methoxy groups -OCH3 is 1. The van der Waals surface area contributed by atoms with E-state index in [1.54, 1.807) is 13.2 Å². The molecule has 5 heteroatoms. The molecular weight excluding hydrogens is 228 g/mol. The molecule has 0 aliphatic rings. The van der Waals surface area contributed by atoms with Crippen LogP contribution in [-0.2, 0) is 4.74 Å². The van der Waals surface area contributed by atoms with E-state index in [1.165, 1.54) is 0 Å². The summed E-state index contributed by atoms with van der Waals surface area (Å²) in [5.41, 5.74) is 0. The Labute approximate surface area is 101 Å². The maximum atomic E-state index is 5.89. The van der Waals surface area contributed by atoms with Crippen LogP contribution in [-0.4, -0.2) is 29.8 Å². The van der Waals surface area contributed by atoms with Crippen LogP contribution in [0.25, 0.3) is 0 Å². The van der Waals surface area contributed by atoms with Crippen molar-refractivity contribution in [2.75, 3.05) is 13.7 Å². The molecule has 0 saturated carbocycles. The maximum Gasteiger partial charge on any atom is 0.218 e. The SMILES string of the molecule is COCC(C)Oc1cc(Cl)nc(C(C)C)n1. The number of aromatic nitrogens is 2. The first-order valence-electron chi connectivity index (χ1n) is 5.23. The Bertz CT molecular complexity index is 345. The summed E-state index contributed by atoms with van der Waals surface area (Å²) in [6.45, 7) is 6.44. The molecule has 90 valence electrons. The van der Waals surface area contributed by atoms with Gasteiger partial charge in [-0.05, 0) is 6.92 Å². The molecule has 0 aliphatic carbocycles. The van der Waals surface area contributed by atoms with E-state index < -0.39 is 0 Å². The van der Waals surface area contributed by atoms with Crippen LogP contribution in [0.1, 0.15) is 32.5 Å². The average Bonchev–Trinajstić information content (AvgIpc) is 2.16. The topological polar surface area (TPSA) is 44.2 Å². The molecule has 1 atom stereocenters. The third-order valence-corrected chi connectivity index (χ3v) is 2.12. The van der Waals surface area contributed by atoms with Crippen molar-refractivity contribution in [3.05, 3.63) is 17.0 Å². The zero-order valence-corrected chi connectivity index (χ0v) is 10.8. The van der Waals surface area contributed by atoms with Crippen molar-refractivity contribution < 1.29 is 9.47 Å². The van der Waals surface area contributed by atoms with E-state index in [0.717, 1.165) is 0 Å². The smallest absolute Gasteiger partial charge is 0.218 e. The summed E-state index contributed by atoms with van der Waals surface area (Å²) in [7, 11) is 1.63. The molecule has 0 fully saturated rings. The van der Waals surface area contributed by atoms with Gasteiger partial charge in [-0.2, -0.15) is 4.98 Å². The van der Waals surface area contributed by atoms with Gasteiger partial charge in [0.2, 0.25) is 5.88 Å². The van der Waals surface area contributed by atoms with E-state index in [0.29, 0.717) is 23.5 Å². The summed E-state index contributed by atoms with van der Waals surface area (Å²) in [5, 5.41) is 0.401. The van der Waals surface area contributed by atoms with Gasteiger partial charge in [0.15, 0.2) is 0 Å². The van der Waals surface area contributed by atoms with Crippen molar-refractivity contribution in [3.63, 3.8) is 0 Å². The van der Waals surface area contributed by atoms with E-state index >= 15 is 0 Å². The van der Waals surface area contributed by atoms with Gasteiger partial charge in [0.25, 0.3) is 0 Å². The number of hydrogen-bond donors (Lipinski definition) is 0. The molecule has 0 aliphatic heterocycles. The molecule has 0 radical (unpaired) electrons. The molecule has 16 heavy (non-hydrogen) atoms. The number of ether oxygens (including phenoxy) is 2. The molecule has 0 spiro atoms. The van der Waals surface area contributed by atoms with Gasteiger partial charge in [0.1, 0.15) is 17.1 Å². The lowest BCUT2D eigenvalue weighted by Gasteiger charge is -2.14. The number of halogens is 1. The fourth-order valence-electron chi connectivity index (χ4n) is 1.21. The first-order chi connectivity index (χ1) is 7.52. The maximum absolute atomic E-state index is 5.89. The molecular formula is C11H17ClN2O2. The van der Waals surface area contributed by atoms with E-state index in [-0.39, 0.29) is 12.0 Å². The third-order valence-electron chi connectivity index (χ3n) is 1.93. The van der Waals surface area contributed by atoms with Crippen LogP contribution in [0, 0.1) is 0 Å². The van der Waals surface area contributed by atoms with E-state index in [1.807, 2.05) is 20.8 Å². The van der Waals surface area contributed by atoms with Crippen molar-refractivity contribution >= 4 is 11.6 Å². The van der Waals surface area contributed by atoms with Gasteiger partial charge < -0.3 is 9.47 Å². The molecule has 0 amide bonds. The monoisotopic (exact) mass is 244 g/mol. The number of nitrogens with zero attached hydrogens (tertiary/aromatic N) is 2. The van der Waals surface area contributed by atoms with Gasteiger partial charge in [-0.15, -0.1) is 0 Å². The minimum atomic E-state index is -0.0593. The lowest BCUT2D eigenvalue weighted by atomic mass is 10.2. The second kappa shape index (κ2) is 6.01. The van der Waals surface area contributed by atoms with Gasteiger partial charge in [-0.25, -0.2) is 4.98 Å². The minimum absolute atomic E-state index is 0.0593. The highest BCUT2D eigenvalue weighted by Gasteiger charge is 2.10. The van der Waals surface area contributed by atoms with Gasteiger partial charge in [-0.1, -0.05) is 25.4 Å². The second-order valence-corrected chi connectivity index (χ2v) is 4.31. The normalized spacial score (nSPS) is 12.9. The summed E-state index contributed by atoms with van der Waals surface area (Å²) in [4.78, 5) is 8.41. The predicted octanol–water partition coefficient (Wildman–Crippen LogP) is 2.67. The zero-order chi connectivity index (χ0) is 12.1. The summed E-state index contributed by atoms with van der Waals surface area (Å²) >= 11 is 5.89. The highest BCUT2D eigenvalue weighted by atomic mass is 35.5. The minimum Gasteiger partial charge on any atom is -0.472 e. The summed E-state index contributed by atoms with van der Waals surface area (Å²) in [6.07, 6.45) is -0.0593. The molecule has 0 bridgehead atoms. The van der Waals surface area contributed by atoms with Gasteiger partial charge in [0.05, 0.1) is 6.61 Å². The van der Waals surface area contributed by atoms with Gasteiger partial charge >= 0.3 is 0 Å². The standard InChI is InChI=1S/C11H17ClN2O2/c1-7(2)11-13-9(12)5-10(14-11)16-8(3)6-15-4/h5,7-8H,6H2,1-4H3. The quantitative estimate of drug-likeness (QED) is 0.747.